The van der Waals surface area contributed by atoms with Gasteiger partial charge in [0.25, 0.3) is 5.91 Å². The first-order valence-corrected chi connectivity index (χ1v) is 9.79. The van der Waals surface area contributed by atoms with Gasteiger partial charge in [-0.3, -0.25) is 24.1 Å². The molecule has 1 aromatic heterocycles. The lowest BCUT2D eigenvalue weighted by molar-refractivity contribution is 0.0670. The molecule has 1 amide bonds. The Bertz CT molecular complexity index is 1210. The van der Waals surface area contributed by atoms with Crippen LogP contribution in [0.4, 0.5) is 8.78 Å². The minimum Gasteiger partial charge on any atom is -0.502 e. The van der Waals surface area contributed by atoms with Crippen LogP contribution in [0.1, 0.15) is 32.0 Å². The van der Waals surface area contributed by atoms with Crippen LogP contribution in [0.5, 0.6) is 5.75 Å². The fraction of sp³-hybridized carbons (Fsp3) is 0.174. The molecule has 3 aromatic rings. The zero-order chi connectivity index (χ0) is 24.1. The summed E-state index contributed by atoms with van der Waals surface area (Å²) >= 11 is 0. The van der Waals surface area contributed by atoms with Gasteiger partial charge in [-0.1, -0.05) is 24.3 Å². The Labute approximate surface area is 187 Å². The lowest BCUT2D eigenvalue weighted by atomic mass is 10.1. The average molecular weight is 457 g/mol. The maximum atomic E-state index is 13.3. The van der Waals surface area contributed by atoms with Crippen LogP contribution in [0.2, 0.25) is 0 Å². The Morgan fingerprint density at radius 2 is 1.42 bits per heavy atom. The molecule has 0 saturated carbocycles. The molecule has 1 aliphatic rings. The van der Waals surface area contributed by atoms with Gasteiger partial charge in [0, 0.05) is 19.9 Å². The summed E-state index contributed by atoms with van der Waals surface area (Å²) in [4.78, 5) is 38.0. The molecule has 2 heterocycles. The molecular formula is C23H21F2N3O5. The van der Waals surface area contributed by atoms with Gasteiger partial charge in [-0.2, -0.15) is 0 Å². The van der Waals surface area contributed by atoms with Gasteiger partial charge in [-0.25, -0.2) is 8.78 Å². The summed E-state index contributed by atoms with van der Waals surface area (Å²) in [5.74, 6) is -2.27. The fourth-order valence-corrected chi connectivity index (χ4v) is 3.45. The van der Waals surface area contributed by atoms with Crippen molar-refractivity contribution >= 4 is 12.2 Å². The van der Waals surface area contributed by atoms with Gasteiger partial charge in [0.1, 0.15) is 18.3 Å². The molecule has 0 spiro atoms. The molecule has 0 unspecified atom stereocenters. The third kappa shape index (κ3) is 4.90. The van der Waals surface area contributed by atoms with Crippen LogP contribution >= 0.6 is 0 Å². The molecule has 1 aliphatic heterocycles. The van der Waals surface area contributed by atoms with Crippen LogP contribution in [0.3, 0.4) is 0 Å². The molecule has 0 bridgehead atoms. The Morgan fingerprint density at radius 3 is 1.94 bits per heavy atom. The highest BCUT2D eigenvalue weighted by Gasteiger charge is 2.33. The first kappa shape index (κ1) is 23.6. The summed E-state index contributed by atoms with van der Waals surface area (Å²) in [5.41, 5.74) is -0.179. The van der Waals surface area contributed by atoms with Gasteiger partial charge in [-0.15, -0.1) is 0 Å². The van der Waals surface area contributed by atoms with Gasteiger partial charge in [0.2, 0.25) is 5.43 Å². The monoisotopic (exact) mass is 457 g/mol. The van der Waals surface area contributed by atoms with Crippen molar-refractivity contribution in [2.24, 2.45) is 0 Å². The van der Waals surface area contributed by atoms with Crippen LogP contribution in [-0.2, 0) is 13.1 Å². The average Bonchev–Trinajstić information content (AvgIpc) is 2.83. The zero-order valence-electron chi connectivity index (χ0n) is 17.6. The van der Waals surface area contributed by atoms with Crippen molar-refractivity contribution in [3.05, 3.63) is 99.0 Å². The van der Waals surface area contributed by atoms with E-state index in [1.165, 1.54) is 52.2 Å². The Hall–Kier alpha value is -4.05. The largest absolute Gasteiger partial charge is 0.502 e. The van der Waals surface area contributed by atoms with E-state index in [2.05, 4.69) is 0 Å². The van der Waals surface area contributed by atoms with Crippen molar-refractivity contribution in [1.82, 2.24) is 9.58 Å². The fourth-order valence-electron chi connectivity index (χ4n) is 3.45. The Kier molecular flexibility index (Phi) is 7.19. The summed E-state index contributed by atoms with van der Waals surface area (Å²) in [5, 5.41) is 19.0. The summed E-state index contributed by atoms with van der Waals surface area (Å²) in [7, 11) is 1.00. The van der Waals surface area contributed by atoms with E-state index in [1.54, 1.807) is 17.1 Å². The number of fused-ring (bicyclic) bond motifs is 1. The second-order valence-corrected chi connectivity index (χ2v) is 7.14. The van der Waals surface area contributed by atoms with Crippen molar-refractivity contribution in [3.63, 3.8) is 0 Å². The quantitative estimate of drug-likeness (QED) is 0.569. The predicted octanol–water partition coefficient (Wildman–Crippen LogP) is 2.00. The highest BCUT2D eigenvalue weighted by molar-refractivity contribution is 5.96. The van der Waals surface area contributed by atoms with Crippen molar-refractivity contribution < 1.29 is 28.6 Å². The van der Waals surface area contributed by atoms with Crippen LogP contribution < -0.4 is 10.4 Å². The van der Waals surface area contributed by atoms with E-state index in [-0.39, 0.29) is 31.0 Å². The minimum absolute atomic E-state index is 0.0429. The van der Waals surface area contributed by atoms with E-state index in [1.807, 2.05) is 0 Å². The molecule has 0 fully saturated rings. The molecule has 0 atom stereocenters. The molecule has 10 heteroatoms. The molecule has 0 saturated heterocycles. The van der Waals surface area contributed by atoms with Crippen LogP contribution in [0, 0.1) is 11.6 Å². The number of aromatic nitrogens is 1. The topological polar surface area (TPSA) is 103 Å². The van der Waals surface area contributed by atoms with Gasteiger partial charge in [-0.05, 0) is 35.4 Å². The van der Waals surface area contributed by atoms with E-state index >= 15 is 0 Å². The van der Waals surface area contributed by atoms with Crippen molar-refractivity contribution in [3.8, 4) is 5.75 Å². The Morgan fingerprint density at radius 1 is 0.909 bits per heavy atom. The third-order valence-corrected chi connectivity index (χ3v) is 5.01. The van der Waals surface area contributed by atoms with Crippen LogP contribution in [0.25, 0.3) is 0 Å². The highest BCUT2D eigenvalue weighted by atomic mass is 19.1. The van der Waals surface area contributed by atoms with E-state index < -0.39 is 28.7 Å². The number of aliphatic hydroxyl groups excluding tert-OH is 1. The second-order valence-electron chi connectivity index (χ2n) is 7.14. The summed E-state index contributed by atoms with van der Waals surface area (Å²) < 4.78 is 27.8. The lowest BCUT2D eigenvalue weighted by Gasteiger charge is -2.40. The molecule has 33 heavy (non-hydrogen) atoms. The van der Waals surface area contributed by atoms with Gasteiger partial charge in [0.05, 0.1) is 12.1 Å². The summed E-state index contributed by atoms with van der Waals surface area (Å²) in [6, 6.07) is 11.3. The number of aldehydes is 1. The van der Waals surface area contributed by atoms with Crippen LogP contribution in [-0.4, -0.2) is 45.8 Å². The van der Waals surface area contributed by atoms with Crippen molar-refractivity contribution in [2.45, 2.75) is 13.1 Å². The van der Waals surface area contributed by atoms with E-state index in [9.17, 15) is 28.3 Å². The number of carbonyl (C=O) groups is 2. The maximum Gasteiger partial charge on any atom is 0.278 e. The predicted molar refractivity (Wildman–Crippen MR) is 115 cm³/mol. The van der Waals surface area contributed by atoms with Gasteiger partial charge in [0.15, 0.2) is 17.7 Å². The standard InChI is InChI=1S/C22H17F2N3O4.CH4O/c23-17-5-1-14(2-6-17)9-25-13-26(10-15-3-7-18(24)8-4-15)27-11-16(12-28)20(29)21(30)19(27)22(25)31;1-2/h1-8,11-12,30H,9-10,13H2;2H,1H3. The number of hydrogen-bond donors (Lipinski definition) is 2. The number of aliphatic hydroxyl groups is 1. The zero-order valence-corrected chi connectivity index (χ0v) is 17.6. The Balaban J connectivity index is 0.00000149. The molecule has 0 radical (unpaired) electrons. The van der Waals surface area contributed by atoms with Gasteiger partial charge < -0.3 is 15.1 Å². The number of benzene rings is 2. The molecular weight excluding hydrogens is 436 g/mol. The number of nitrogens with zero attached hydrogens (tertiary/aromatic N) is 3. The number of carbonyl (C=O) groups excluding carboxylic acids is 2. The molecule has 8 nitrogen and oxygen atoms in total. The maximum absolute atomic E-state index is 13.3. The lowest BCUT2D eigenvalue weighted by Crippen LogP contribution is -2.53. The molecule has 172 valence electrons. The SMILES string of the molecule is CO.O=Cc1cn2c(c(O)c1=O)C(=O)N(Cc1ccc(F)cc1)CN2Cc1ccc(F)cc1. The number of aromatic hydroxyl groups is 1. The first-order chi connectivity index (χ1) is 15.9. The minimum atomic E-state index is -0.944. The number of halogens is 2. The molecule has 2 N–H and O–H groups in total. The summed E-state index contributed by atoms with van der Waals surface area (Å²) in [6.07, 6.45) is 1.50. The van der Waals surface area contributed by atoms with Crippen molar-refractivity contribution in [2.75, 3.05) is 18.8 Å². The summed E-state index contributed by atoms with van der Waals surface area (Å²) in [6.45, 7) is 0.338. The molecule has 4 rings (SSSR count). The molecule has 2 aromatic carbocycles. The normalized spacial score (nSPS) is 12.7. The first-order valence-electron chi connectivity index (χ1n) is 9.79. The number of rotatable bonds is 5. The second kappa shape index (κ2) is 10.0. The smallest absolute Gasteiger partial charge is 0.278 e. The third-order valence-electron chi connectivity index (χ3n) is 5.01. The van der Waals surface area contributed by atoms with Crippen LogP contribution in [0.15, 0.2) is 59.5 Å². The van der Waals surface area contributed by atoms with Gasteiger partial charge >= 0.3 is 0 Å². The number of amides is 1. The number of pyridine rings is 1. The molecule has 0 aliphatic carbocycles. The number of hydrogen-bond acceptors (Lipinski definition) is 6. The van der Waals surface area contributed by atoms with E-state index in [0.717, 1.165) is 7.11 Å². The van der Waals surface area contributed by atoms with E-state index in [0.29, 0.717) is 17.4 Å². The van der Waals surface area contributed by atoms with E-state index in [4.69, 9.17) is 5.11 Å². The van der Waals surface area contributed by atoms with Crippen molar-refractivity contribution in [1.29, 1.82) is 0 Å². The highest BCUT2D eigenvalue weighted by Crippen LogP contribution is 2.23.